The summed E-state index contributed by atoms with van der Waals surface area (Å²) >= 11 is 0. The second-order valence-corrected chi connectivity index (χ2v) is 6.06. The highest BCUT2D eigenvalue weighted by atomic mass is 16.3. The van der Waals surface area contributed by atoms with Crippen LogP contribution in [0, 0.1) is 5.92 Å². The summed E-state index contributed by atoms with van der Waals surface area (Å²) in [5, 5.41) is 3.49. The number of nitrogens with one attached hydrogen (secondary N) is 1. The molecule has 1 aliphatic carbocycles. The van der Waals surface area contributed by atoms with Gasteiger partial charge in [-0.1, -0.05) is 6.92 Å². The molecule has 1 N–H and O–H groups in total. The summed E-state index contributed by atoms with van der Waals surface area (Å²) in [6.45, 7) is 4.86. The minimum atomic E-state index is 0.149. The molecule has 0 bridgehead atoms. The van der Waals surface area contributed by atoms with E-state index in [4.69, 9.17) is 4.42 Å². The Kier molecular flexibility index (Phi) is 4.10. The third-order valence-corrected chi connectivity index (χ3v) is 4.36. The molecule has 0 aromatic carbocycles. The van der Waals surface area contributed by atoms with E-state index in [1.807, 2.05) is 17.9 Å². The van der Waals surface area contributed by atoms with Crippen molar-refractivity contribution in [3.63, 3.8) is 0 Å². The second kappa shape index (κ2) is 6.00. The molecule has 110 valence electrons. The molecule has 4 heteroatoms. The Morgan fingerprint density at radius 1 is 1.40 bits per heavy atom. The number of carbonyl (C=O) groups is 1. The van der Waals surface area contributed by atoms with Crippen molar-refractivity contribution in [3.05, 3.63) is 23.7 Å². The fourth-order valence-corrected chi connectivity index (χ4v) is 3.01. The van der Waals surface area contributed by atoms with Crippen molar-refractivity contribution >= 4 is 5.91 Å². The van der Waals surface area contributed by atoms with Crippen LogP contribution in [0.4, 0.5) is 0 Å². The topological polar surface area (TPSA) is 45.5 Å². The average Bonchev–Trinajstić information content (AvgIpc) is 2.95. The maximum absolute atomic E-state index is 12.8. The van der Waals surface area contributed by atoms with E-state index < -0.39 is 0 Å². The number of furan rings is 1. The number of rotatable bonds is 6. The van der Waals surface area contributed by atoms with Gasteiger partial charge in [-0.05, 0) is 44.2 Å². The third-order valence-electron chi connectivity index (χ3n) is 4.36. The Bertz CT molecular complexity index is 459. The molecule has 2 heterocycles. The summed E-state index contributed by atoms with van der Waals surface area (Å²) in [4.78, 5) is 14.8. The van der Waals surface area contributed by atoms with Gasteiger partial charge in [0.2, 0.25) is 0 Å². The van der Waals surface area contributed by atoms with Crippen molar-refractivity contribution in [3.8, 4) is 0 Å². The molecule has 3 rings (SSSR count). The molecular formula is C16H24N2O2. The van der Waals surface area contributed by atoms with Gasteiger partial charge in [0, 0.05) is 25.6 Å². The van der Waals surface area contributed by atoms with E-state index in [2.05, 4.69) is 5.32 Å². The van der Waals surface area contributed by atoms with Gasteiger partial charge < -0.3 is 14.6 Å². The Hall–Kier alpha value is -1.29. The normalized spacial score (nSPS) is 22.1. The molecule has 2 aliphatic rings. The van der Waals surface area contributed by atoms with Crippen LogP contribution < -0.4 is 5.32 Å². The van der Waals surface area contributed by atoms with Crippen LogP contribution in [-0.2, 0) is 6.42 Å². The zero-order valence-corrected chi connectivity index (χ0v) is 12.2. The maximum Gasteiger partial charge on any atom is 0.257 e. The van der Waals surface area contributed by atoms with Crippen LogP contribution in [0.2, 0.25) is 0 Å². The number of aryl methyl sites for hydroxylation is 1. The van der Waals surface area contributed by atoms with Gasteiger partial charge >= 0.3 is 0 Å². The van der Waals surface area contributed by atoms with Gasteiger partial charge in [-0.3, -0.25) is 4.79 Å². The molecular weight excluding hydrogens is 252 g/mol. The first kappa shape index (κ1) is 13.7. The predicted molar refractivity (Wildman–Crippen MR) is 77.7 cm³/mol. The van der Waals surface area contributed by atoms with Gasteiger partial charge in [-0.2, -0.15) is 0 Å². The molecule has 0 spiro atoms. The van der Waals surface area contributed by atoms with Crippen molar-refractivity contribution in [1.82, 2.24) is 10.2 Å². The Morgan fingerprint density at radius 3 is 2.90 bits per heavy atom. The smallest absolute Gasteiger partial charge is 0.257 e. The maximum atomic E-state index is 12.8. The summed E-state index contributed by atoms with van der Waals surface area (Å²) in [6, 6.07) is 2.29. The lowest BCUT2D eigenvalue weighted by molar-refractivity contribution is 0.0731. The van der Waals surface area contributed by atoms with Gasteiger partial charge in [0.15, 0.2) is 0 Å². The van der Waals surface area contributed by atoms with Gasteiger partial charge in [-0.15, -0.1) is 0 Å². The summed E-state index contributed by atoms with van der Waals surface area (Å²) in [7, 11) is 0. The SMILES string of the molecule is CCc1occc1C(=O)N(CC1CC1)CC1CCCN1. The van der Waals surface area contributed by atoms with Crippen molar-refractivity contribution < 1.29 is 9.21 Å². The Morgan fingerprint density at radius 2 is 2.25 bits per heavy atom. The fraction of sp³-hybridized carbons (Fsp3) is 0.688. The Labute approximate surface area is 120 Å². The lowest BCUT2D eigenvalue weighted by Crippen LogP contribution is -2.42. The van der Waals surface area contributed by atoms with Crippen LogP contribution in [0.1, 0.15) is 48.7 Å². The van der Waals surface area contributed by atoms with Crippen molar-refractivity contribution in [1.29, 1.82) is 0 Å². The molecule has 1 saturated carbocycles. The average molecular weight is 276 g/mol. The lowest BCUT2D eigenvalue weighted by Gasteiger charge is -2.26. The van der Waals surface area contributed by atoms with Crippen molar-refractivity contribution in [2.75, 3.05) is 19.6 Å². The number of carbonyl (C=O) groups excluding carboxylic acids is 1. The summed E-state index contributed by atoms with van der Waals surface area (Å²) < 4.78 is 5.41. The molecule has 1 atom stereocenters. The quantitative estimate of drug-likeness (QED) is 0.868. The zero-order chi connectivity index (χ0) is 13.9. The third kappa shape index (κ3) is 3.06. The molecule has 1 aromatic heterocycles. The van der Waals surface area contributed by atoms with E-state index in [0.29, 0.717) is 6.04 Å². The minimum absolute atomic E-state index is 0.149. The predicted octanol–water partition coefficient (Wildman–Crippen LogP) is 2.45. The summed E-state index contributed by atoms with van der Waals surface area (Å²) in [5.41, 5.74) is 0.756. The van der Waals surface area contributed by atoms with Crippen LogP contribution in [0.15, 0.2) is 16.7 Å². The molecule has 4 nitrogen and oxygen atoms in total. The van der Waals surface area contributed by atoms with Crippen LogP contribution in [-0.4, -0.2) is 36.5 Å². The van der Waals surface area contributed by atoms with Gasteiger partial charge in [0.1, 0.15) is 5.76 Å². The van der Waals surface area contributed by atoms with Gasteiger partial charge in [0.05, 0.1) is 11.8 Å². The molecule has 1 aromatic rings. The molecule has 1 saturated heterocycles. The van der Waals surface area contributed by atoms with E-state index in [9.17, 15) is 4.79 Å². The number of hydrogen-bond acceptors (Lipinski definition) is 3. The van der Waals surface area contributed by atoms with Crippen LogP contribution >= 0.6 is 0 Å². The van der Waals surface area contributed by atoms with E-state index in [1.165, 1.54) is 25.7 Å². The highest BCUT2D eigenvalue weighted by Gasteiger charge is 2.30. The van der Waals surface area contributed by atoms with E-state index in [-0.39, 0.29) is 5.91 Å². The molecule has 1 amide bonds. The monoisotopic (exact) mass is 276 g/mol. The summed E-state index contributed by atoms with van der Waals surface area (Å²) in [6.07, 6.45) is 7.35. The van der Waals surface area contributed by atoms with E-state index >= 15 is 0 Å². The highest BCUT2D eigenvalue weighted by molar-refractivity contribution is 5.95. The largest absolute Gasteiger partial charge is 0.469 e. The van der Waals surface area contributed by atoms with Crippen LogP contribution in [0.25, 0.3) is 0 Å². The number of nitrogens with zero attached hydrogens (tertiary/aromatic N) is 1. The lowest BCUT2D eigenvalue weighted by atomic mass is 10.1. The molecule has 1 aliphatic heterocycles. The van der Waals surface area contributed by atoms with E-state index in [1.54, 1.807) is 6.26 Å². The Balaban J connectivity index is 1.71. The first-order chi connectivity index (χ1) is 9.78. The minimum Gasteiger partial charge on any atom is -0.469 e. The van der Waals surface area contributed by atoms with Gasteiger partial charge in [0.25, 0.3) is 5.91 Å². The van der Waals surface area contributed by atoms with Gasteiger partial charge in [-0.25, -0.2) is 0 Å². The molecule has 0 radical (unpaired) electrons. The van der Waals surface area contributed by atoms with Crippen LogP contribution in [0.5, 0.6) is 0 Å². The fourth-order valence-electron chi connectivity index (χ4n) is 3.01. The van der Waals surface area contributed by atoms with Crippen molar-refractivity contribution in [2.24, 2.45) is 5.92 Å². The van der Waals surface area contributed by atoms with Crippen LogP contribution in [0.3, 0.4) is 0 Å². The molecule has 2 fully saturated rings. The number of amides is 1. The molecule has 1 unspecified atom stereocenters. The van der Waals surface area contributed by atoms with Crippen molar-refractivity contribution in [2.45, 2.75) is 45.1 Å². The highest BCUT2D eigenvalue weighted by Crippen LogP contribution is 2.30. The standard InChI is InChI=1S/C16H24N2O2/c1-2-15-14(7-9-20-15)16(19)18(10-12-5-6-12)11-13-4-3-8-17-13/h7,9,12-13,17H,2-6,8,10-11H2,1H3. The number of hydrogen-bond donors (Lipinski definition) is 1. The zero-order valence-electron chi connectivity index (χ0n) is 12.2. The second-order valence-electron chi connectivity index (χ2n) is 6.06. The first-order valence-electron chi connectivity index (χ1n) is 7.87. The first-order valence-corrected chi connectivity index (χ1v) is 7.87. The summed E-state index contributed by atoms with van der Waals surface area (Å²) in [5.74, 6) is 1.68. The molecule has 20 heavy (non-hydrogen) atoms. The van der Waals surface area contributed by atoms with E-state index in [0.717, 1.165) is 43.3 Å².